The number of halogens is 2. The maximum atomic E-state index is 5.44. The minimum Gasteiger partial charge on any atom is -0.495 e. The van der Waals surface area contributed by atoms with E-state index >= 15 is 0 Å². The molecule has 1 heterocycles. The number of aryl methyl sites for hydroxylation is 1. The summed E-state index contributed by atoms with van der Waals surface area (Å²) < 4.78 is 7.45. The van der Waals surface area contributed by atoms with Crippen LogP contribution >= 0.6 is 43.2 Å². The number of methoxy groups -OCH3 is 1. The van der Waals surface area contributed by atoms with Crippen LogP contribution in [0, 0.1) is 6.92 Å². The lowest BCUT2D eigenvalue weighted by Crippen LogP contribution is -2.13. The van der Waals surface area contributed by atoms with E-state index in [-0.39, 0.29) is 0 Å². The quantitative estimate of drug-likeness (QED) is 0.766. The summed E-state index contributed by atoms with van der Waals surface area (Å²) in [5.41, 5.74) is 3.84. The van der Waals surface area contributed by atoms with Crippen molar-refractivity contribution >= 4 is 43.2 Å². The molecule has 1 N–H and O–H groups in total. The summed E-state index contributed by atoms with van der Waals surface area (Å²) in [5, 5.41) is 7.82. The Hall–Kier alpha value is -0.360. The molecule has 0 saturated heterocycles. The van der Waals surface area contributed by atoms with E-state index in [1.807, 2.05) is 6.07 Å². The van der Waals surface area contributed by atoms with Crippen LogP contribution < -0.4 is 10.1 Å². The average molecular weight is 405 g/mol. The van der Waals surface area contributed by atoms with Crippen LogP contribution in [0.3, 0.4) is 0 Å². The maximum absolute atomic E-state index is 5.44. The molecule has 0 atom stereocenters. The summed E-state index contributed by atoms with van der Waals surface area (Å²) >= 11 is 8.77. The van der Waals surface area contributed by atoms with Gasteiger partial charge in [-0.05, 0) is 56.9 Å². The highest BCUT2D eigenvalue weighted by molar-refractivity contribution is 9.11. The Morgan fingerprint density at radius 2 is 1.89 bits per heavy atom. The SMILES string of the molecule is COc1c(Br)cc(Br)cc1CNCc1cscc1C. The first-order valence-electron chi connectivity index (χ1n) is 5.86. The molecule has 1 aromatic carbocycles. The van der Waals surface area contributed by atoms with Gasteiger partial charge in [0.25, 0.3) is 0 Å². The van der Waals surface area contributed by atoms with E-state index in [0.717, 1.165) is 33.3 Å². The van der Waals surface area contributed by atoms with Gasteiger partial charge in [0.05, 0.1) is 11.6 Å². The van der Waals surface area contributed by atoms with Gasteiger partial charge >= 0.3 is 0 Å². The van der Waals surface area contributed by atoms with Crippen molar-refractivity contribution < 1.29 is 4.74 Å². The fourth-order valence-corrected chi connectivity index (χ4v) is 4.21. The molecule has 0 aliphatic rings. The standard InChI is InChI=1S/C14H15Br2NOS/c1-9-7-19-8-11(9)6-17-5-10-3-12(15)4-13(16)14(10)18-2/h3-4,7-8,17H,5-6H2,1-2H3. The third-order valence-corrected chi connectivity index (χ3v) is 4.84. The molecular weight excluding hydrogens is 390 g/mol. The van der Waals surface area contributed by atoms with Crippen molar-refractivity contribution in [1.29, 1.82) is 0 Å². The topological polar surface area (TPSA) is 21.3 Å². The number of hydrogen-bond acceptors (Lipinski definition) is 3. The molecule has 2 rings (SSSR count). The van der Waals surface area contributed by atoms with Crippen molar-refractivity contribution in [2.45, 2.75) is 20.0 Å². The number of nitrogens with one attached hydrogen (secondary N) is 1. The monoisotopic (exact) mass is 403 g/mol. The zero-order chi connectivity index (χ0) is 13.8. The fourth-order valence-electron chi connectivity index (χ4n) is 1.87. The van der Waals surface area contributed by atoms with Gasteiger partial charge in [-0.25, -0.2) is 0 Å². The Kier molecular flexibility index (Phi) is 5.45. The first-order chi connectivity index (χ1) is 9.11. The van der Waals surface area contributed by atoms with Crippen LogP contribution in [0.15, 0.2) is 31.8 Å². The molecule has 0 amide bonds. The van der Waals surface area contributed by atoms with Crippen LogP contribution in [-0.2, 0) is 13.1 Å². The summed E-state index contributed by atoms with van der Waals surface area (Å²) in [7, 11) is 1.69. The van der Waals surface area contributed by atoms with Crippen molar-refractivity contribution in [3.63, 3.8) is 0 Å². The van der Waals surface area contributed by atoms with Gasteiger partial charge in [0.2, 0.25) is 0 Å². The van der Waals surface area contributed by atoms with Gasteiger partial charge in [0.15, 0.2) is 0 Å². The number of ether oxygens (including phenoxy) is 1. The van der Waals surface area contributed by atoms with Crippen LogP contribution in [0.25, 0.3) is 0 Å². The molecule has 0 radical (unpaired) electrons. The normalized spacial score (nSPS) is 10.7. The summed E-state index contributed by atoms with van der Waals surface area (Å²) in [4.78, 5) is 0. The lowest BCUT2D eigenvalue weighted by Gasteiger charge is -2.12. The van der Waals surface area contributed by atoms with Crippen molar-refractivity contribution in [2.24, 2.45) is 0 Å². The van der Waals surface area contributed by atoms with Gasteiger partial charge in [-0.15, -0.1) is 0 Å². The van der Waals surface area contributed by atoms with Crippen molar-refractivity contribution in [3.8, 4) is 5.75 Å². The van der Waals surface area contributed by atoms with Crippen molar-refractivity contribution in [2.75, 3.05) is 7.11 Å². The average Bonchev–Trinajstić information content (AvgIpc) is 2.75. The predicted octanol–water partition coefficient (Wildman–Crippen LogP) is 4.88. The molecule has 0 bridgehead atoms. The van der Waals surface area contributed by atoms with Crippen molar-refractivity contribution in [3.05, 3.63) is 48.5 Å². The molecule has 0 unspecified atom stereocenters. The first kappa shape index (κ1) is 15.0. The lowest BCUT2D eigenvalue weighted by atomic mass is 10.2. The fraction of sp³-hybridized carbons (Fsp3) is 0.286. The van der Waals surface area contributed by atoms with Crippen LogP contribution in [-0.4, -0.2) is 7.11 Å². The molecule has 2 aromatic rings. The molecule has 0 aliphatic heterocycles. The zero-order valence-corrected chi connectivity index (χ0v) is 14.8. The van der Waals surface area contributed by atoms with E-state index in [9.17, 15) is 0 Å². The molecule has 1 aromatic heterocycles. The van der Waals surface area contributed by atoms with Crippen LogP contribution in [0.5, 0.6) is 5.75 Å². The van der Waals surface area contributed by atoms with Crippen LogP contribution in [0.4, 0.5) is 0 Å². The summed E-state index contributed by atoms with van der Waals surface area (Å²) in [6.07, 6.45) is 0. The molecule has 0 fully saturated rings. The van der Waals surface area contributed by atoms with Gasteiger partial charge < -0.3 is 10.1 Å². The van der Waals surface area contributed by atoms with E-state index < -0.39 is 0 Å². The Morgan fingerprint density at radius 1 is 1.16 bits per heavy atom. The van der Waals surface area contributed by atoms with Gasteiger partial charge in [0.1, 0.15) is 5.75 Å². The Bertz CT molecular complexity index is 569. The largest absolute Gasteiger partial charge is 0.495 e. The van der Waals surface area contributed by atoms with Gasteiger partial charge in [-0.3, -0.25) is 0 Å². The number of thiophene rings is 1. The minimum absolute atomic E-state index is 0.774. The predicted molar refractivity (Wildman–Crippen MR) is 88.0 cm³/mol. The molecule has 19 heavy (non-hydrogen) atoms. The van der Waals surface area contributed by atoms with E-state index in [2.05, 4.69) is 60.9 Å². The van der Waals surface area contributed by atoms with E-state index in [1.165, 1.54) is 11.1 Å². The second kappa shape index (κ2) is 6.88. The van der Waals surface area contributed by atoms with Crippen LogP contribution in [0.2, 0.25) is 0 Å². The van der Waals surface area contributed by atoms with Gasteiger partial charge in [-0.2, -0.15) is 11.3 Å². The first-order valence-corrected chi connectivity index (χ1v) is 8.39. The Balaban J connectivity index is 2.05. The summed E-state index contributed by atoms with van der Waals surface area (Å²) in [6.45, 7) is 3.79. The van der Waals surface area contributed by atoms with E-state index in [4.69, 9.17) is 4.74 Å². The summed E-state index contributed by atoms with van der Waals surface area (Å²) in [6, 6.07) is 4.07. The Labute approximate surface area is 134 Å². The third-order valence-electron chi connectivity index (χ3n) is 2.88. The Morgan fingerprint density at radius 3 is 2.53 bits per heavy atom. The van der Waals surface area contributed by atoms with E-state index in [1.54, 1.807) is 18.4 Å². The molecule has 0 aliphatic carbocycles. The van der Waals surface area contributed by atoms with Crippen LogP contribution in [0.1, 0.15) is 16.7 Å². The van der Waals surface area contributed by atoms with Gasteiger partial charge in [0, 0.05) is 23.1 Å². The second-order valence-electron chi connectivity index (χ2n) is 4.26. The lowest BCUT2D eigenvalue weighted by molar-refractivity contribution is 0.405. The third kappa shape index (κ3) is 3.81. The molecule has 102 valence electrons. The second-order valence-corrected chi connectivity index (χ2v) is 6.78. The van der Waals surface area contributed by atoms with E-state index in [0.29, 0.717) is 0 Å². The molecule has 2 nitrogen and oxygen atoms in total. The maximum Gasteiger partial charge on any atom is 0.137 e. The number of rotatable bonds is 5. The number of hydrogen-bond donors (Lipinski definition) is 1. The number of benzene rings is 1. The smallest absolute Gasteiger partial charge is 0.137 e. The highest BCUT2D eigenvalue weighted by Gasteiger charge is 2.09. The molecule has 5 heteroatoms. The van der Waals surface area contributed by atoms with Crippen molar-refractivity contribution in [1.82, 2.24) is 5.32 Å². The molecule has 0 saturated carbocycles. The zero-order valence-electron chi connectivity index (χ0n) is 10.8. The highest BCUT2D eigenvalue weighted by Crippen LogP contribution is 2.32. The van der Waals surface area contributed by atoms with Gasteiger partial charge in [-0.1, -0.05) is 15.9 Å². The molecular formula is C14H15Br2NOS. The minimum atomic E-state index is 0.774. The molecule has 0 spiro atoms. The summed E-state index contributed by atoms with van der Waals surface area (Å²) in [5.74, 6) is 0.887. The highest BCUT2D eigenvalue weighted by atomic mass is 79.9.